The highest BCUT2D eigenvalue weighted by atomic mass is 16.5. The third-order valence-corrected chi connectivity index (χ3v) is 4.14. The second-order valence-corrected chi connectivity index (χ2v) is 5.84. The third kappa shape index (κ3) is 3.36. The first-order chi connectivity index (χ1) is 9.57. The first-order valence-corrected chi connectivity index (χ1v) is 7.76. The first kappa shape index (κ1) is 15.4. The van der Waals surface area contributed by atoms with Crippen LogP contribution in [0.1, 0.15) is 55.9 Å². The van der Waals surface area contributed by atoms with Crippen LogP contribution >= 0.6 is 0 Å². The van der Waals surface area contributed by atoms with Gasteiger partial charge >= 0.3 is 0 Å². The summed E-state index contributed by atoms with van der Waals surface area (Å²) in [6, 6.07) is 0. The minimum absolute atomic E-state index is 0.280. The molecule has 2 rings (SSSR count). The van der Waals surface area contributed by atoms with E-state index < -0.39 is 0 Å². The molecule has 2 heterocycles. The van der Waals surface area contributed by atoms with Gasteiger partial charge in [-0.3, -0.25) is 0 Å². The van der Waals surface area contributed by atoms with Crippen molar-refractivity contribution in [2.75, 3.05) is 19.7 Å². The van der Waals surface area contributed by atoms with E-state index in [9.17, 15) is 0 Å². The summed E-state index contributed by atoms with van der Waals surface area (Å²) in [4.78, 5) is 9.46. The summed E-state index contributed by atoms with van der Waals surface area (Å²) in [6.45, 7) is 11.3. The van der Waals surface area contributed by atoms with Crippen LogP contribution in [0, 0.1) is 13.8 Å². The van der Waals surface area contributed by atoms with Gasteiger partial charge in [0.05, 0.1) is 0 Å². The van der Waals surface area contributed by atoms with Gasteiger partial charge in [0, 0.05) is 18.0 Å². The van der Waals surface area contributed by atoms with E-state index in [0.29, 0.717) is 0 Å². The van der Waals surface area contributed by atoms with Gasteiger partial charge in [0.1, 0.15) is 5.60 Å². The summed E-state index contributed by atoms with van der Waals surface area (Å²) in [5.74, 6) is 0.862. The fourth-order valence-electron chi connectivity index (χ4n) is 2.86. The van der Waals surface area contributed by atoms with Crippen LogP contribution in [0.5, 0.6) is 0 Å². The van der Waals surface area contributed by atoms with Gasteiger partial charge < -0.3 is 10.1 Å². The minimum atomic E-state index is -0.280. The monoisotopic (exact) mass is 277 g/mol. The molecule has 0 aliphatic carbocycles. The van der Waals surface area contributed by atoms with Gasteiger partial charge in [-0.05, 0) is 65.1 Å². The molecule has 0 aromatic carbocycles. The van der Waals surface area contributed by atoms with Crippen LogP contribution < -0.4 is 5.32 Å². The summed E-state index contributed by atoms with van der Waals surface area (Å²) in [5, 5.41) is 3.36. The third-order valence-electron chi connectivity index (χ3n) is 4.14. The highest BCUT2D eigenvalue weighted by Gasteiger charge is 2.35. The number of aromatic nitrogens is 2. The standard InChI is InChI=1S/C16H27N3O/c1-5-17-10-6-8-14-12(2)18-15(19-13(14)3)16(4)9-7-11-20-16/h17H,5-11H2,1-4H3. The SMILES string of the molecule is CCNCCCc1c(C)nc(C2(C)CCCO2)nc1C. The Balaban J connectivity index is 2.12. The summed E-state index contributed by atoms with van der Waals surface area (Å²) >= 11 is 0. The van der Waals surface area contributed by atoms with Crippen molar-refractivity contribution in [3.05, 3.63) is 22.8 Å². The second kappa shape index (κ2) is 6.64. The van der Waals surface area contributed by atoms with Crippen molar-refractivity contribution in [2.24, 2.45) is 0 Å². The Bertz CT molecular complexity index is 430. The van der Waals surface area contributed by atoms with Crippen LogP contribution in [0.4, 0.5) is 0 Å². The Morgan fingerprint density at radius 2 is 1.95 bits per heavy atom. The van der Waals surface area contributed by atoms with Crippen LogP contribution in [0.2, 0.25) is 0 Å². The number of nitrogens with zero attached hydrogens (tertiary/aromatic N) is 2. The van der Waals surface area contributed by atoms with Gasteiger partial charge in [0.15, 0.2) is 5.82 Å². The molecule has 1 atom stereocenters. The van der Waals surface area contributed by atoms with Crippen molar-refractivity contribution in [1.82, 2.24) is 15.3 Å². The second-order valence-electron chi connectivity index (χ2n) is 5.84. The number of aryl methyl sites for hydroxylation is 2. The Morgan fingerprint density at radius 3 is 2.50 bits per heavy atom. The Morgan fingerprint density at radius 1 is 1.25 bits per heavy atom. The lowest BCUT2D eigenvalue weighted by Crippen LogP contribution is -2.25. The van der Waals surface area contributed by atoms with E-state index in [1.54, 1.807) is 0 Å². The van der Waals surface area contributed by atoms with E-state index in [0.717, 1.165) is 62.6 Å². The molecule has 1 aliphatic rings. The van der Waals surface area contributed by atoms with Gasteiger partial charge in [-0.15, -0.1) is 0 Å². The van der Waals surface area contributed by atoms with Gasteiger partial charge in [-0.25, -0.2) is 9.97 Å². The minimum Gasteiger partial charge on any atom is -0.367 e. The van der Waals surface area contributed by atoms with E-state index in [-0.39, 0.29) is 5.60 Å². The molecule has 4 heteroatoms. The fourth-order valence-corrected chi connectivity index (χ4v) is 2.86. The maximum Gasteiger partial charge on any atom is 0.160 e. The lowest BCUT2D eigenvalue weighted by Gasteiger charge is -2.23. The van der Waals surface area contributed by atoms with Crippen molar-refractivity contribution in [2.45, 2.75) is 59.0 Å². The number of hydrogen-bond acceptors (Lipinski definition) is 4. The van der Waals surface area contributed by atoms with E-state index in [2.05, 4.69) is 33.0 Å². The molecule has 112 valence electrons. The number of hydrogen-bond donors (Lipinski definition) is 1. The van der Waals surface area contributed by atoms with Gasteiger partial charge in [-0.2, -0.15) is 0 Å². The van der Waals surface area contributed by atoms with E-state index in [4.69, 9.17) is 14.7 Å². The molecule has 0 radical (unpaired) electrons. The van der Waals surface area contributed by atoms with Crippen LogP contribution in [-0.4, -0.2) is 29.7 Å². The summed E-state index contributed by atoms with van der Waals surface area (Å²) in [5.41, 5.74) is 3.24. The zero-order valence-corrected chi connectivity index (χ0v) is 13.3. The first-order valence-electron chi connectivity index (χ1n) is 7.76. The molecule has 4 nitrogen and oxygen atoms in total. The Kier molecular flexibility index (Phi) is 5.11. The number of rotatable bonds is 6. The van der Waals surface area contributed by atoms with E-state index in [1.165, 1.54) is 5.56 Å². The fraction of sp³-hybridized carbons (Fsp3) is 0.750. The quantitative estimate of drug-likeness (QED) is 0.812. The zero-order valence-electron chi connectivity index (χ0n) is 13.3. The Hall–Kier alpha value is -1.00. The molecule has 0 spiro atoms. The van der Waals surface area contributed by atoms with Gasteiger partial charge in [-0.1, -0.05) is 6.92 Å². The average Bonchev–Trinajstić information content (AvgIpc) is 2.85. The molecule has 1 saturated heterocycles. The van der Waals surface area contributed by atoms with Gasteiger partial charge in [0.2, 0.25) is 0 Å². The summed E-state index contributed by atoms with van der Waals surface area (Å²) < 4.78 is 5.85. The molecule has 1 unspecified atom stereocenters. The summed E-state index contributed by atoms with van der Waals surface area (Å²) in [6.07, 6.45) is 4.29. The van der Waals surface area contributed by atoms with Crippen molar-refractivity contribution in [3.8, 4) is 0 Å². The van der Waals surface area contributed by atoms with Crippen molar-refractivity contribution < 1.29 is 4.74 Å². The van der Waals surface area contributed by atoms with Crippen LogP contribution in [0.15, 0.2) is 0 Å². The molecule has 1 fully saturated rings. The zero-order chi connectivity index (χ0) is 14.6. The molecule has 0 saturated carbocycles. The van der Waals surface area contributed by atoms with Crippen LogP contribution in [0.25, 0.3) is 0 Å². The molecule has 1 aliphatic heterocycles. The normalized spacial score (nSPS) is 22.4. The lowest BCUT2D eigenvalue weighted by atomic mass is 10.00. The Labute approximate surface area is 122 Å². The predicted octanol–water partition coefficient (Wildman–Crippen LogP) is 2.66. The topological polar surface area (TPSA) is 47.0 Å². The van der Waals surface area contributed by atoms with E-state index >= 15 is 0 Å². The van der Waals surface area contributed by atoms with Gasteiger partial charge in [0.25, 0.3) is 0 Å². The maximum absolute atomic E-state index is 5.85. The highest BCUT2D eigenvalue weighted by molar-refractivity contribution is 5.26. The summed E-state index contributed by atoms with van der Waals surface area (Å²) in [7, 11) is 0. The molecular formula is C16H27N3O. The van der Waals surface area contributed by atoms with E-state index in [1.807, 2.05) is 0 Å². The molecule has 1 N–H and O–H groups in total. The van der Waals surface area contributed by atoms with Crippen molar-refractivity contribution in [3.63, 3.8) is 0 Å². The molecule has 1 aromatic rings. The van der Waals surface area contributed by atoms with Crippen LogP contribution in [-0.2, 0) is 16.8 Å². The largest absolute Gasteiger partial charge is 0.367 e. The molecule has 20 heavy (non-hydrogen) atoms. The van der Waals surface area contributed by atoms with Crippen molar-refractivity contribution in [1.29, 1.82) is 0 Å². The highest BCUT2D eigenvalue weighted by Crippen LogP contribution is 2.34. The number of ether oxygens (including phenoxy) is 1. The molecular weight excluding hydrogens is 250 g/mol. The smallest absolute Gasteiger partial charge is 0.160 e. The molecule has 1 aromatic heterocycles. The van der Waals surface area contributed by atoms with Crippen LogP contribution in [0.3, 0.4) is 0 Å². The predicted molar refractivity (Wildman–Crippen MR) is 80.9 cm³/mol. The molecule has 0 amide bonds. The molecule has 0 bridgehead atoms. The number of nitrogens with one attached hydrogen (secondary N) is 1. The lowest BCUT2D eigenvalue weighted by molar-refractivity contribution is 0.00902. The average molecular weight is 277 g/mol. The maximum atomic E-state index is 5.85. The van der Waals surface area contributed by atoms with Crippen molar-refractivity contribution >= 4 is 0 Å².